The first-order chi connectivity index (χ1) is 10.1. The molecule has 1 spiro atoms. The summed E-state index contributed by atoms with van der Waals surface area (Å²) in [7, 11) is 2.23. The lowest BCUT2D eigenvalue weighted by molar-refractivity contribution is -0.0145. The number of benzene rings is 1. The maximum Gasteiger partial charge on any atom is 0.165 e. The van der Waals surface area contributed by atoms with Crippen LogP contribution >= 0.6 is 0 Å². The number of ether oxygens (including phenoxy) is 1. The highest BCUT2D eigenvalue weighted by molar-refractivity contribution is 5.56. The van der Waals surface area contributed by atoms with Gasteiger partial charge in [0.15, 0.2) is 11.6 Å². The molecule has 2 bridgehead atoms. The number of likely N-dealkylation sites (tertiary alicyclic amines) is 1. The number of nitrogens with zero attached hydrogens (tertiary/aromatic N) is 1. The predicted octanol–water partition coefficient (Wildman–Crippen LogP) is 2.91. The second-order valence-corrected chi connectivity index (χ2v) is 7.26. The van der Waals surface area contributed by atoms with Gasteiger partial charge in [-0.15, -0.1) is 0 Å². The van der Waals surface area contributed by atoms with E-state index in [0.717, 1.165) is 19.4 Å². The number of hydrogen-bond acceptors (Lipinski definition) is 2. The van der Waals surface area contributed by atoms with Crippen LogP contribution in [0, 0.1) is 17.7 Å². The highest BCUT2D eigenvalue weighted by Crippen LogP contribution is 2.61. The van der Waals surface area contributed by atoms with Crippen molar-refractivity contribution in [2.24, 2.45) is 11.8 Å². The Bertz CT molecular complexity index is 669. The molecule has 5 atom stereocenters. The molecule has 0 saturated carbocycles. The SMILES string of the molecule is C[C@H]1C=C[C@H]2[C@H]3Cc4ccc(F)c5c4[C@@]2(CCN3C)[C@H]1O5. The summed E-state index contributed by atoms with van der Waals surface area (Å²) in [6.07, 6.45) is 6.88. The molecule has 1 fully saturated rings. The molecule has 3 heteroatoms. The van der Waals surface area contributed by atoms with Crippen LogP contribution in [0.15, 0.2) is 24.3 Å². The molecule has 5 rings (SSSR count). The summed E-state index contributed by atoms with van der Waals surface area (Å²) in [6.45, 7) is 3.29. The van der Waals surface area contributed by atoms with Crippen molar-refractivity contribution in [1.82, 2.24) is 4.90 Å². The van der Waals surface area contributed by atoms with Crippen LogP contribution < -0.4 is 4.74 Å². The van der Waals surface area contributed by atoms with Gasteiger partial charge in [0.25, 0.3) is 0 Å². The van der Waals surface area contributed by atoms with Crippen LogP contribution in [0.1, 0.15) is 24.5 Å². The lowest BCUT2D eigenvalue weighted by Crippen LogP contribution is -2.63. The van der Waals surface area contributed by atoms with Crippen molar-refractivity contribution in [3.05, 3.63) is 41.2 Å². The Labute approximate surface area is 124 Å². The van der Waals surface area contributed by atoms with E-state index in [1.807, 2.05) is 6.07 Å². The Hall–Kier alpha value is -1.35. The van der Waals surface area contributed by atoms with Crippen LogP contribution in [0.25, 0.3) is 0 Å². The monoisotopic (exact) mass is 285 g/mol. The van der Waals surface area contributed by atoms with Gasteiger partial charge in [-0.1, -0.05) is 25.1 Å². The fourth-order valence-electron chi connectivity index (χ4n) is 5.48. The Balaban J connectivity index is 1.84. The van der Waals surface area contributed by atoms with Gasteiger partial charge < -0.3 is 9.64 Å². The van der Waals surface area contributed by atoms with Crippen LogP contribution in [-0.2, 0) is 11.8 Å². The van der Waals surface area contributed by atoms with Gasteiger partial charge in [0.2, 0.25) is 0 Å². The summed E-state index contributed by atoms with van der Waals surface area (Å²) in [5.74, 6) is 1.19. The standard InChI is InChI=1S/C18H20FNO/c1-10-3-5-12-14-9-11-4-6-13(19)16-15(11)18(12,17(10)21-16)7-8-20(14)2/h3-6,10,12,14,17H,7-9H2,1-2H3/t10-,12-,14+,17-,18-/m0/s1. The Morgan fingerprint density at radius 1 is 1.33 bits per heavy atom. The molecule has 1 aromatic carbocycles. The van der Waals surface area contributed by atoms with Gasteiger partial charge in [-0.3, -0.25) is 0 Å². The maximum absolute atomic E-state index is 14.3. The third-order valence-corrected chi connectivity index (χ3v) is 6.40. The van der Waals surface area contributed by atoms with Crippen molar-refractivity contribution < 1.29 is 9.13 Å². The second kappa shape index (κ2) is 3.70. The third kappa shape index (κ3) is 1.24. The van der Waals surface area contributed by atoms with Crippen molar-refractivity contribution in [2.75, 3.05) is 13.6 Å². The highest BCUT2D eigenvalue weighted by Gasteiger charge is 2.63. The normalized spacial score (nSPS) is 42.6. The molecule has 2 aliphatic carbocycles. The lowest BCUT2D eigenvalue weighted by Gasteiger charge is -2.56. The molecule has 21 heavy (non-hydrogen) atoms. The topological polar surface area (TPSA) is 12.5 Å². The predicted molar refractivity (Wildman–Crippen MR) is 79.0 cm³/mol. The average molecular weight is 285 g/mol. The molecule has 2 heterocycles. The van der Waals surface area contributed by atoms with Crippen LogP contribution in [0.4, 0.5) is 4.39 Å². The van der Waals surface area contributed by atoms with Crippen molar-refractivity contribution >= 4 is 0 Å². The zero-order valence-electron chi connectivity index (χ0n) is 12.5. The van der Waals surface area contributed by atoms with Crippen LogP contribution in [0.2, 0.25) is 0 Å². The molecule has 0 N–H and O–H groups in total. The van der Waals surface area contributed by atoms with Crippen molar-refractivity contribution in [3.8, 4) is 5.75 Å². The van der Waals surface area contributed by atoms with Gasteiger partial charge in [0, 0.05) is 28.9 Å². The number of piperidine rings is 1. The molecule has 1 aromatic rings. The Kier molecular flexibility index (Phi) is 2.15. The fraction of sp³-hybridized carbons (Fsp3) is 0.556. The summed E-state index contributed by atoms with van der Waals surface area (Å²) in [5, 5.41) is 0. The van der Waals surface area contributed by atoms with E-state index in [1.54, 1.807) is 6.07 Å². The summed E-state index contributed by atoms with van der Waals surface area (Å²) in [5.41, 5.74) is 2.53. The molecule has 2 aliphatic heterocycles. The van der Waals surface area contributed by atoms with Crippen molar-refractivity contribution in [1.29, 1.82) is 0 Å². The average Bonchev–Trinajstić information content (AvgIpc) is 2.83. The largest absolute Gasteiger partial charge is 0.485 e. The van der Waals surface area contributed by atoms with Crippen LogP contribution in [0.5, 0.6) is 5.75 Å². The van der Waals surface area contributed by atoms with Crippen molar-refractivity contribution in [3.63, 3.8) is 0 Å². The molecular formula is C18H20FNO. The first-order valence-corrected chi connectivity index (χ1v) is 8.00. The summed E-state index contributed by atoms with van der Waals surface area (Å²) < 4.78 is 20.5. The van der Waals surface area contributed by atoms with Gasteiger partial charge in [-0.05, 0) is 38.1 Å². The minimum absolute atomic E-state index is 0.0103. The minimum atomic E-state index is -0.180. The smallest absolute Gasteiger partial charge is 0.165 e. The summed E-state index contributed by atoms with van der Waals surface area (Å²) in [6, 6.07) is 4.11. The van der Waals surface area contributed by atoms with Gasteiger partial charge in [0.05, 0.1) is 0 Å². The second-order valence-electron chi connectivity index (χ2n) is 7.26. The van der Waals surface area contributed by atoms with E-state index in [9.17, 15) is 4.39 Å². The first-order valence-electron chi connectivity index (χ1n) is 8.00. The maximum atomic E-state index is 14.3. The molecule has 0 radical (unpaired) electrons. The first kappa shape index (κ1) is 12.2. The van der Waals surface area contributed by atoms with Gasteiger partial charge >= 0.3 is 0 Å². The third-order valence-electron chi connectivity index (χ3n) is 6.40. The van der Waals surface area contributed by atoms with Gasteiger partial charge in [-0.25, -0.2) is 4.39 Å². The van der Waals surface area contributed by atoms with E-state index in [4.69, 9.17) is 4.74 Å². The number of hydrogen-bond donors (Lipinski definition) is 0. The molecule has 0 amide bonds. The van der Waals surface area contributed by atoms with Crippen molar-refractivity contribution in [2.45, 2.75) is 37.3 Å². The fourth-order valence-corrected chi connectivity index (χ4v) is 5.48. The number of halogens is 1. The number of likely N-dealkylation sites (N-methyl/N-ethyl adjacent to an activating group) is 1. The lowest BCUT2D eigenvalue weighted by atomic mass is 9.52. The Morgan fingerprint density at radius 3 is 3.05 bits per heavy atom. The van der Waals surface area contributed by atoms with Crippen LogP contribution in [0.3, 0.4) is 0 Å². The molecule has 4 aliphatic rings. The zero-order valence-corrected chi connectivity index (χ0v) is 12.5. The molecular weight excluding hydrogens is 265 g/mol. The van der Waals surface area contributed by atoms with E-state index in [-0.39, 0.29) is 17.3 Å². The molecule has 0 unspecified atom stereocenters. The molecule has 1 saturated heterocycles. The van der Waals surface area contributed by atoms with E-state index < -0.39 is 0 Å². The Morgan fingerprint density at radius 2 is 2.19 bits per heavy atom. The molecule has 2 nitrogen and oxygen atoms in total. The summed E-state index contributed by atoms with van der Waals surface area (Å²) in [4.78, 5) is 2.48. The van der Waals surface area contributed by atoms with Crippen LogP contribution in [-0.4, -0.2) is 30.6 Å². The van der Waals surface area contributed by atoms with E-state index in [2.05, 4.69) is 31.0 Å². The van der Waals surface area contributed by atoms with E-state index >= 15 is 0 Å². The van der Waals surface area contributed by atoms with Gasteiger partial charge in [0.1, 0.15) is 6.10 Å². The quantitative estimate of drug-likeness (QED) is 0.680. The number of rotatable bonds is 0. The van der Waals surface area contributed by atoms with E-state index in [0.29, 0.717) is 23.6 Å². The summed E-state index contributed by atoms with van der Waals surface area (Å²) >= 11 is 0. The van der Waals surface area contributed by atoms with Gasteiger partial charge in [-0.2, -0.15) is 0 Å². The highest BCUT2D eigenvalue weighted by atomic mass is 19.1. The zero-order chi connectivity index (χ0) is 14.4. The minimum Gasteiger partial charge on any atom is -0.485 e. The van der Waals surface area contributed by atoms with E-state index in [1.165, 1.54) is 11.1 Å². The molecule has 110 valence electrons. The molecule has 0 aromatic heterocycles.